The fraction of sp³-hybridized carbons (Fsp3) is 0.385. The number of amides is 2. The Balaban J connectivity index is 2.68. The first kappa shape index (κ1) is 15.6. The highest BCUT2D eigenvalue weighted by Gasteiger charge is 2.12. The van der Waals surface area contributed by atoms with Crippen molar-refractivity contribution in [2.45, 2.75) is 6.42 Å². The summed E-state index contributed by atoms with van der Waals surface area (Å²) in [5.41, 5.74) is 0.537. The summed E-state index contributed by atoms with van der Waals surface area (Å²) in [5.74, 6) is 0.110. The van der Waals surface area contributed by atoms with Crippen LogP contribution in [0.15, 0.2) is 18.2 Å². The Morgan fingerprint density at radius 2 is 1.90 bits per heavy atom. The molecule has 0 spiro atoms. The van der Waals surface area contributed by atoms with Gasteiger partial charge in [-0.25, -0.2) is 4.79 Å². The topological polar surface area (TPSA) is 88.1 Å². The number of carboxylic acids is 1. The standard InChI is InChI=1S/C13H18N2O5/c1-15(7-6-12(16)17)13(18)14-9-4-5-10(19-2)11(8-9)20-3/h4-5,8H,6-7H2,1-3H3,(H,14,18)(H,16,17). The van der Waals surface area contributed by atoms with Gasteiger partial charge in [0.25, 0.3) is 0 Å². The quantitative estimate of drug-likeness (QED) is 0.828. The van der Waals surface area contributed by atoms with Crippen LogP contribution < -0.4 is 14.8 Å². The lowest BCUT2D eigenvalue weighted by molar-refractivity contribution is -0.137. The lowest BCUT2D eigenvalue weighted by atomic mass is 10.2. The summed E-state index contributed by atoms with van der Waals surface area (Å²) >= 11 is 0. The van der Waals surface area contributed by atoms with Crippen LogP contribution in [-0.4, -0.2) is 49.8 Å². The molecule has 7 heteroatoms. The Bertz CT molecular complexity index is 490. The summed E-state index contributed by atoms with van der Waals surface area (Å²) in [7, 11) is 4.55. The Morgan fingerprint density at radius 1 is 1.25 bits per heavy atom. The molecule has 0 bridgehead atoms. The molecule has 0 atom stereocenters. The van der Waals surface area contributed by atoms with E-state index in [-0.39, 0.29) is 13.0 Å². The SMILES string of the molecule is COc1ccc(NC(=O)N(C)CCC(=O)O)cc1OC. The van der Waals surface area contributed by atoms with E-state index in [2.05, 4.69) is 5.32 Å². The number of urea groups is 1. The molecular weight excluding hydrogens is 264 g/mol. The molecule has 2 N–H and O–H groups in total. The van der Waals surface area contributed by atoms with Crippen molar-refractivity contribution in [3.05, 3.63) is 18.2 Å². The first-order valence-electron chi connectivity index (χ1n) is 5.94. The molecular formula is C13H18N2O5. The van der Waals surface area contributed by atoms with Crippen LogP contribution in [0.25, 0.3) is 0 Å². The summed E-state index contributed by atoms with van der Waals surface area (Å²) in [6.45, 7) is 0.133. The van der Waals surface area contributed by atoms with Crippen LogP contribution in [0.4, 0.5) is 10.5 Å². The van der Waals surface area contributed by atoms with Gasteiger partial charge in [-0.2, -0.15) is 0 Å². The van der Waals surface area contributed by atoms with Crippen molar-refractivity contribution in [2.24, 2.45) is 0 Å². The minimum Gasteiger partial charge on any atom is -0.493 e. The number of carbonyl (C=O) groups excluding carboxylic acids is 1. The maximum atomic E-state index is 11.8. The fourth-order valence-corrected chi connectivity index (χ4v) is 1.50. The third-order valence-corrected chi connectivity index (χ3v) is 2.64. The van der Waals surface area contributed by atoms with Gasteiger partial charge in [-0.1, -0.05) is 0 Å². The molecule has 0 heterocycles. The van der Waals surface area contributed by atoms with Crippen molar-refractivity contribution in [2.75, 3.05) is 33.1 Å². The zero-order valence-electron chi connectivity index (χ0n) is 11.7. The highest BCUT2D eigenvalue weighted by atomic mass is 16.5. The van der Waals surface area contributed by atoms with Gasteiger partial charge in [0.05, 0.1) is 20.6 Å². The van der Waals surface area contributed by atoms with E-state index in [0.717, 1.165) is 0 Å². The maximum Gasteiger partial charge on any atom is 0.321 e. The van der Waals surface area contributed by atoms with Crippen molar-refractivity contribution in [1.82, 2.24) is 4.90 Å². The van der Waals surface area contributed by atoms with Crippen molar-refractivity contribution < 1.29 is 24.2 Å². The van der Waals surface area contributed by atoms with Crippen LogP contribution in [0.3, 0.4) is 0 Å². The second-order valence-corrected chi connectivity index (χ2v) is 4.07. The number of aliphatic carboxylic acids is 1. The van der Waals surface area contributed by atoms with E-state index in [4.69, 9.17) is 14.6 Å². The number of carbonyl (C=O) groups is 2. The van der Waals surface area contributed by atoms with Crippen molar-refractivity contribution in [1.29, 1.82) is 0 Å². The van der Waals surface area contributed by atoms with E-state index < -0.39 is 12.0 Å². The summed E-state index contributed by atoms with van der Waals surface area (Å²) in [6.07, 6.45) is -0.101. The second-order valence-electron chi connectivity index (χ2n) is 4.07. The molecule has 0 fully saturated rings. The van der Waals surface area contributed by atoms with Crippen LogP contribution in [0.5, 0.6) is 11.5 Å². The van der Waals surface area contributed by atoms with E-state index in [1.54, 1.807) is 18.2 Å². The van der Waals surface area contributed by atoms with E-state index >= 15 is 0 Å². The molecule has 2 amide bonds. The molecule has 0 aliphatic heterocycles. The summed E-state index contributed by atoms with van der Waals surface area (Å²) < 4.78 is 10.2. The molecule has 1 aromatic rings. The Morgan fingerprint density at radius 3 is 2.45 bits per heavy atom. The smallest absolute Gasteiger partial charge is 0.321 e. The van der Waals surface area contributed by atoms with E-state index in [0.29, 0.717) is 17.2 Å². The molecule has 0 saturated carbocycles. The average molecular weight is 282 g/mol. The number of nitrogens with one attached hydrogen (secondary N) is 1. The number of nitrogens with zero attached hydrogens (tertiary/aromatic N) is 1. The highest BCUT2D eigenvalue weighted by Crippen LogP contribution is 2.29. The summed E-state index contributed by atoms with van der Waals surface area (Å²) in [6, 6.07) is 4.58. The number of hydrogen-bond acceptors (Lipinski definition) is 4. The van der Waals surface area contributed by atoms with Gasteiger partial charge in [-0.15, -0.1) is 0 Å². The molecule has 0 radical (unpaired) electrons. The lowest BCUT2D eigenvalue weighted by Gasteiger charge is -2.17. The minimum absolute atomic E-state index is 0.101. The van der Waals surface area contributed by atoms with Crippen molar-refractivity contribution in [3.8, 4) is 11.5 Å². The molecule has 110 valence electrons. The van der Waals surface area contributed by atoms with Gasteiger partial charge in [0.1, 0.15) is 0 Å². The number of carboxylic acid groups (broad SMARTS) is 1. The molecule has 0 aliphatic rings. The van der Waals surface area contributed by atoms with E-state index in [9.17, 15) is 9.59 Å². The lowest BCUT2D eigenvalue weighted by Crippen LogP contribution is -2.33. The van der Waals surface area contributed by atoms with Crippen LogP contribution in [0.1, 0.15) is 6.42 Å². The minimum atomic E-state index is -0.948. The van der Waals surface area contributed by atoms with Crippen LogP contribution in [-0.2, 0) is 4.79 Å². The zero-order valence-corrected chi connectivity index (χ0v) is 11.7. The Labute approximate surface area is 117 Å². The monoisotopic (exact) mass is 282 g/mol. The van der Waals surface area contributed by atoms with Crippen LogP contribution in [0.2, 0.25) is 0 Å². The number of hydrogen-bond donors (Lipinski definition) is 2. The van der Waals surface area contributed by atoms with Crippen LogP contribution >= 0.6 is 0 Å². The number of anilines is 1. The number of benzene rings is 1. The largest absolute Gasteiger partial charge is 0.493 e. The Kier molecular flexibility index (Phi) is 5.64. The molecule has 0 aliphatic carbocycles. The summed E-state index contributed by atoms with van der Waals surface area (Å²) in [4.78, 5) is 23.6. The Hall–Kier alpha value is -2.44. The predicted molar refractivity (Wildman–Crippen MR) is 73.4 cm³/mol. The van der Waals surface area contributed by atoms with Crippen molar-refractivity contribution in [3.63, 3.8) is 0 Å². The van der Waals surface area contributed by atoms with Gasteiger partial charge in [-0.05, 0) is 12.1 Å². The van der Waals surface area contributed by atoms with Gasteiger partial charge in [0.15, 0.2) is 11.5 Å². The number of rotatable bonds is 6. The zero-order chi connectivity index (χ0) is 15.1. The first-order valence-corrected chi connectivity index (χ1v) is 5.94. The van der Waals surface area contributed by atoms with Gasteiger partial charge >= 0.3 is 12.0 Å². The van der Waals surface area contributed by atoms with E-state index in [1.165, 1.54) is 26.2 Å². The van der Waals surface area contributed by atoms with Gasteiger partial charge in [0, 0.05) is 25.3 Å². The average Bonchev–Trinajstić information content (AvgIpc) is 2.44. The maximum absolute atomic E-state index is 11.8. The van der Waals surface area contributed by atoms with Gasteiger partial charge in [-0.3, -0.25) is 4.79 Å². The second kappa shape index (κ2) is 7.22. The highest BCUT2D eigenvalue weighted by molar-refractivity contribution is 5.89. The molecule has 1 rings (SSSR count). The summed E-state index contributed by atoms with van der Waals surface area (Å²) in [5, 5.41) is 11.2. The van der Waals surface area contributed by atoms with E-state index in [1.807, 2.05) is 0 Å². The predicted octanol–water partition coefficient (Wildman–Crippen LogP) is 1.64. The molecule has 7 nitrogen and oxygen atoms in total. The molecule has 0 saturated heterocycles. The van der Waals surface area contributed by atoms with Crippen molar-refractivity contribution >= 4 is 17.7 Å². The normalized spacial score (nSPS) is 9.75. The first-order chi connectivity index (χ1) is 9.47. The molecule has 20 heavy (non-hydrogen) atoms. The van der Waals surface area contributed by atoms with Gasteiger partial charge < -0.3 is 24.8 Å². The molecule has 1 aromatic carbocycles. The van der Waals surface area contributed by atoms with Crippen LogP contribution in [0, 0.1) is 0 Å². The third-order valence-electron chi connectivity index (χ3n) is 2.64. The fourth-order valence-electron chi connectivity index (χ4n) is 1.50. The van der Waals surface area contributed by atoms with Gasteiger partial charge in [0.2, 0.25) is 0 Å². The third kappa shape index (κ3) is 4.34. The number of methoxy groups -OCH3 is 2. The number of ether oxygens (including phenoxy) is 2. The molecule has 0 unspecified atom stereocenters. The molecule has 0 aromatic heterocycles.